The minimum Gasteiger partial charge on any atom is -0.506 e. The van der Waals surface area contributed by atoms with Crippen LogP contribution < -0.4 is 11.5 Å². The Morgan fingerprint density at radius 1 is 0.684 bits per heavy atom. The summed E-state index contributed by atoms with van der Waals surface area (Å²) in [5, 5.41) is 11.3. The summed E-state index contributed by atoms with van der Waals surface area (Å²) >= 11 is 0. The maximum absolute atomic E-state index is 9.29. The van der Waals surface area contributed by atoms with Crippen molar-refractivity contribution in [3.63, 3.8) is 0 Å². The number of aromatic hydroxyl groups is 1. The molecule has 3 rings (SSSR count). The summed E-state index contributed by atoms with van der Waals surface area (Å²) in [6, 6.07) is 20.7. The molecule has 0 amide bonds. The van der Waals surface area contributed by atoms with E-state index in [9.17, 15) is 5.11 Å². The van der Waals surface area contributed by atoms with Gasteiger partial charge >= 0.3 is 0 Å². The smallest absolute Gasteiger partial charge is 0.139 e. The number of nitrogen functional groups attached to an aromatic ring is 2. The van der Waals surface area contributed by atoms with E-state index in [4.69, 9.17) is 11.5 Å². The van der Waals surface area contributed by atoms with Gasteiger partial charge in [-0.2, -0.15) is 0 Å². The molecular weight excluding hydrogens is 236 g/mol. The van der Waals surface area contributed by atoms with Crippen molar-refractivity contribution in [1.29, 1.82) is 0 Å². The van der Waals surface area contributed by atoms with E-state index in [2.05, 4.69) is 0 Å². The summed E-state index contributed by atoms with van der Waals surface area (Å²) < 4.78 is 0. The molecule has 3 aromatic rings. The topological polar surface area (TPSA) is 72.3 Å². The summed E-state index contributed by atoms with van der Waals surface area (Å²) in [6.07, 6.45) is 0. The molecule has 0 aliphatic heterocycles. The number of benzene rings is 3. The molecule has 3 heteroatoms. The zero-order valence-corrected chi connectivity index (χ0v) is 10.5. The Hall–Kier alpha value is -2.68. The van der Waals surface area contributed by atoms with Gasteiger partial charge < -0.3 is 16.6 Å². The quantitative estimate of drug-likeness (QED) is 0.424. The van der Waals surface area contributed by atoms with Crippen LogP contribution in [0.25, 0.3) is 10.8 Å². The second-order valence-electron chi connectivity index (χ2n) is 4.17. The van der Waals surface area contributed by atoms with E-state index >= 15 is 0 Å². The van der Waals surface area contributed by atoms with Gasteiger partial charge in [0.25, 0.3) is 0 Å². The minimum absolute atomic E-state index is 0.147. The van der Waals surface area contributed by atoms with Crippen LogP contribution in [0.2, 0.25) is 0 Å². The molecule has 3 nitrogen and oxygen atoms in total. The van der Waals surface area contributed by atoms with E-state index in [1.165, 1.54) is 0 Å². The number of anilines is 2. The standard InChI is InChI=1S/C10H9NO.C6H7N/c11-9-5-7-3-1-2-4-8(7)6-10(9)12;7-6-4-2-1-3-5-6/h1-6,12H,11H2;1-5H,7H2. The molecule has 0 unspecified atom stereocenters. The van der Waals surface area contributed by atoms with Crippen LogP contribution in [-0.4, -0.2) is 5.11 Å². The lowest BCUT2D eigenvalue weighted by molar-refractivity contribution is 0.479. The SMILES string of the molecule is Nc1cc2ccccc2cc1O.Nc1ccccc1. The van der Waals surface area contributed by atoms with Gasteiger partial charge in [0.1, 0.15) is 5.75 Å². The third-order valence-electron chi connectivity index (χ3n) is 2.69. The fourth-order valence-corrected chi connectivity index (χ4v) is 1.70. The number of hydrogen-bond donors (Lipinski definition) is 3. The maximum atomic E-state index is 9.29. The first-order valence-electron chi connectivity index (χ1n) is 5.94. The highest BCUT2D eigenvalue weighted by Crippen LogP contribution is 2.26. The van der Waals surface area contributed by atoms with Crippen molar-refractivity contribution < 1.29 is 5.11 Å². The van der Waals surface area contributed by atoms with E-state index < -0.39 is 0 Å². The van der Waals surface area contributed by atoms with Crippen LogP contribution in [0.1, 0.15) is 0 Å². The van der Waals surface area contributed by atoms with E-state index in [-0.39, 0.29) is 5.75 Å². The van der Waals surface area contributed by atoms with Crippen molar-refractivity contribution in [2.24, 2.45) is 0 Å². The fraction of sp³-hybridized carbons (Fsp3) is 0. The van der Waals surface area contributed by atoms with E-state index in [1.54, 1.807) is 12.1 Å². The first-order valence-corrected chi connectivity index (χ1v) is 5.94. The fourth-order valence-electron chi connectivity index (χ4n) is 1.70. The number of hydrogen-bond acceptors (Lipinski definition) is 3. The average molecular weight is 252 g/mol. The van der Waals surface area contributed by atoms with Crippen LogP contribution >= 0.6 is 0 Å². The summed E-state index contributed by atoms with van der Waals surface area (Å²) in [5.74, 6) is 0.147. The Labute approximate surface area is 112 Å². The molecule has 0 aliphatic carbocycles. The van der Waals surface area contributed by atoms with Gasteiger partial charge in [0.2, 0.25) is 0 Å². The van der Waals surface area contributed by atoms with Gasteiger partial charge in [-0.05, 0) is 35.0 Å². The largest absolute Gasteiger partial charge is 0.506 e. The van der Waals surface area contributed by atoms with Crippen LogP contribution in [0, 0.1) is 0 Å². The summed E-state index contributed by atoms with van der Waals surface area (Å²) in [5.41, 5.74) is 12.1. The van der Waals surface area contributed by atoms with Crippen LogP contribution in [0.4, 0.5) is 11.4 Å². The van der Waals surface area contributed by atoms with Crippen molar-refractivity contribution in [2.45, 2.75) is 0 Å². The second-order valence-corrected chi connectivity index (χ2v) is 4.17. The Bertz CT molecular complexity index is 625. The number of rotatable bonds is 0. The number of phenols is 1. The van der Waals surface area contributed by atoms with Crippen LogP contribution in [0.3, 0.4) is 0 Å². The average Bonchev–Trinajstić information content (AvgIpc) is 2.42. The first kappa shape index (κ1) is 12.8. The maximum Gasteiger partial charge on any atom is 0.139 e. The Kier molecular flexibility index (Phi) is 3.88. The van der Waals surface area contributed by atoms with Gasteiger partial charge in [0.15, 0.2) is 0 Å². The molecule has 3 aromatic carbocycles. The highest BCUT2D eigenvalue weighted by Gasteiger charge is 1.98. The molecule has 19 heavy (non-hydrogen) atoms. The molecule has 0 radical (unpaired) electrons. The highest BCUT2D eigenvalue weighted by atomic mass is 16.3. The van der Waals surface area contributed by atoms with Gasteiger partial charge in [0.05, 0.1) is 5.69 Å². The molecule has 0 heterocycles. The number of nitrogens with two attached hydrogens (primary N) is 2. The molecule has 0 aromatic heterocycles. The molecule has 96 valence electrons. The molecule has 0 aliphatic rings. The van der Waals surface area contributed by atoms with Crippen molar-refractivity contribution >= 4 is 22.1 Å². The van der Waals surface area contributed by atoms with E-state index in [0.29, 0.717) is 5.69 Å². The van der Waals surface area contributed by atoms with Gasteiger partial charge in [-0.15, -0.1) is 0 Å². The van der Waals surface area contributed by atoms with Gasteiger partial charge in [-0.3, -0.25) is 0 Å². The third-order valence-corrected chi connectivity index (χ3v) is 2.69. The Morgan fingerprint density at radius 3 is 1.74 bits per heavy atom. The second kappa shape index (κ2) is 5.78. The van der Waals surface area contributed by atoms with Crippen molar-refractivity contribution in [3.8, 4) is 5.75 Å². The monoisotopic (exact) mass is 252 g/mol. The zero-order chi connectivity index (χ0) is 13.7. The van der Waals surface area contributed by atoms with Crippen molar-refractivity contribution in [3.05, 3.63) is 66.7 Å². The summed E-state index contributed by atoms with van der Waals surface area (Å²) in [7, 11) is 0. The van der Waals surface area contributed by atoms with Gasteiger partial charge in [-0.1, -0.05) is 42.5 Å². The zero-order valence-electron chi connectivity index (χ0n) is 10.5. The lowest BCUT2D eigenvalue weighted by Crippen LogP contribution is -1.84. The predicted octanol–water partition coefficient (Wildman–Crippen LogP) is 3.40. The molecule has 0 saturated heterocycles. The summed E-state index contributed by atoms with van der Waals surface area (Å²) in [4.78, 5) is 0. The Morgan fingerprint density at radius 2 is 1.21 bits per heavy atom. The molecule has 5 N–H and O–H groups in total. The molecule has 0 bridgehead atoms. The number of fused-ring (bicyclic) bond motifs is 1. The lowest BCUT2D eigenvalue weighted by Gasteiger charge is -2.01. The Balaban J connectivity index is 0.000000163. The molecular formula is C16H16N2O. The number of para-hydroxylation sites is 1. The first-order chi connectivity index (χ1) is 9.16. The third kappa shape index (κ3) is 3.39. The molecule has 0 spiro atoms. The highest BCUT2D eigenvalue weighted by molar-refractivity contribution is 5.87. The van der Waals surface area contributed by atoms with Gasteiger partial charge in [-0.25, -0.2) is 0 Å². The van der Waals surface area contributed by atoms with Crippen LogP contribution in [-0.2, 0) is 0 Å². The van der Waals surface area contributed by atoms with Crippen molar-refractivity contribution in [1.82, 2.24) is 0 Å². The van der Waals surface area contributed by atoms with Gasteiger partial charge in [0, 0.05) is 5.69 Å². The molecule has 0 saturated carbocycles. The lowest BCUT2D eigenvalue weighted by atomic mass is 10.1. The van der Waals surface area contributed by atoms with Crippen LogP contribution in [0.15, 0.2) is 66.7 Å². The minimum atomic E-state index is 0.147. The van der Waals surface area contributed by atoms with Crippen LogP contribution in [0.5, 0.6) is 5.75 Å². The van der Waals surface area contributed by atoms with E-state index in [1.807, 2.05) is 54.6 Å². The predicted molar refractivity (Wildman–Crippen MR) is 80.9 cm³/mol. The van der Waals surface area contributed by atoms with Crippen molar-refractivity contribution in [2.75, 3.05) is 11.5 Å². The number of phenolic OH excluding ortho intramolecular Hbond substituents is 1. The molecule has 0 atom stereocenters. The van der Waals surface area contributed by atoms with E-state index in [0.717, 1.165) is 16.5 Å². The molecule has 0 fully saturated rings. The normalized spacial score (nSPS) is 9.68. The summed E-state index contributed by atoms with van der Waals surface area (Å²) in [6.45, 7) is 0.